The van der Waals surface area contributed by atoms with Gasteiger partial charge in [0.1, 0.15) is 0 Å². The lowest BCUT2D eigenvalue weighted by Gasteiger charge is -2.24. The third-order valence-corrected chi connectivity index (χ3v) is 6.60. The average molecular weight is 433 g/mol. The second kappa shape index (κ2) is 9.90. The number of aryl methyl sites for hydroxylation is 1. The molecule has 0 unspecified atom stereocenters. The Kier molecular flexibility index (Phi) is 7.52. The van der Waals surface area contributed by atoms with E-state index >= 15 is 0 Å². The summed E-state index contributed by atoms with van der Waals surface area (Å²) in [7, 11) is 0. The van der Waals surface area contributed by atoms with Gasteiger partial charge in [0, 0.05) is 45.1 Å². The molecule has 2 aromatic carbocycles. The topological polar surface area (TPSA) is 52.6 Å². The summed E-state index contributed by atoms with van der Waals surface area (Å²) in [5.74, 6) is 0. The van der Waals surface area contributed by atoms with Crippen LogP contribution in [0.4, 0.5) is 5.69 Å². The minimum Gasteiger partial charge on any atom is -0.392 e. The van der Waals surface area contributed by atoms with Crippen molar-refractivity contribution in [2.45, 2.75) is 39.7 Å². The molecule has 6 heteroatoms. The van der Waals surface area contributed by atoms with Crippen LogP contribution in [0.1, 0.15) is 32.3 Å². The number of fused-ring (bicyclic) bond motifs is 2. The molecule has 0 spiro atoms. The number of halogens is 1. The molecule has 4 nitrogen and oxygen atoms in total. The van der Waals surface area contributed by atoms with E-state index in [9.17, 15) is 9.90 Å². The van der Waals surface area contributed by atoms with Crippen LogP contribution in [-0.4, -0.2) is 42.3 Å². The SMILES string of the molecule is CCCCN(CCNc1ccc(C)c2sc3cc(Cl)ccc3c(=O)c12)C[C@@H](C)O. The maximum atomic E-state index is 13.2. The molecule has 29 heavy (non-hydrogen) atoms. The molecular formula is C23H29ClN2O2S. The molecule has 0 aliphatic carbocycles. The van der Waals surface area contributed by atoms with E-state index in [-0.39, 0.29) is 11.5 Å². The highest BCUT2D eigenvalue weighted by Crippen LogP contribution is 2.32. The van der Waals surface area contributed by atoms with E-state index in [0.717, 1.165) is 58.5 Å². The van der Waals surface area contributed by atoms with Gasteiger partial charge in [0.05, 0.1) is 11.5 Å². The largest absolute Gasteiger partial charge is 0.392 e. The average Bonchev–Trinajstić information content (AvgIpc) is 2.67. The first-order valence-electron chi connectivity index (χ1n) is 10.2. The van der Waals surface area contributed by atoms with Crippen LogP contribution in [0.15, 0.2) is 35.1 Å². The lowest BCUT2D eigenvalue weighted by Crippen LogP contribution is -2.35. The number of nitrogens with zero attached hydrogens (tertiary/aromatic N) is 1. The molecule has 0 bridgehead atoms. The zero-order chi connectivity index (χ0) is 21.0. The van der Waals surface area contributed by atoms with Crippen LogP contribution in [0.25, 0.3) is 20.2 Å². The molecule has 0 aliphatic heterocycles. The highest BCUT2D eigenvalue weighted by atomic mass is 35.5. The Morgan fingerprint density at radius 1 is 1.24 bits per heavy atom. The molecule has 2 N–H and O–H groups in total. The fourth-order valence-corrected chi connectivity index (χ4v) is 5.05. The number of nitrogens with one attached hydrogen (secondary N) is 1. The summed E-state index contributed by atoms with van der Waals surface area (Å²) in [5, 5.41) is 15.3. The molecule has 0 radical (unpaired) electrons. The Hall–Kier alpha value is -1.66. The van der Waals surface area contributed by atoms with Gasteiger partial charge in [-0.1, -0.05) is 31.0 Å². The summed E-state index contributed by atoms with van der Waals surface area (Å²) in [6.07, 6.45) is 1.89. The number of anilines is 1. The van der Waals surface area contributed by atoms with Crippen LogP contribution in [0.2, 0.25) is 5.02 Å². The van der Waals surface area contributed by atoms with Gasteiger partial charge in [0.15, 0.2) is 5.43 Å². The normalized spacial score (nSPS) is 12.8. The van der Waals surface area contributed by atoms with E-state index < -0.39 is 0 Å². The van der Waals surface area contributed by atoms with Crippen molar-refractivity contribution in [1.29, 1.82) is 0 Å². The monoisotopic (exact) mass is 432 g/mol. The number of hydrogen-bond acceptors (Lipinski definition) is 5. The smallest absolute Gasteiger partial charge is 0.197 e. The Morgan fingerprint density at radius 3 is 2.76 bits per heavy atom. The fraction of sp³-hybridized carbons (Fsp3) is 0.435. The second-order valence-corrected chi connectivity index (χ2v) is 9.12. The second-order valence-electron chi connectivity index (χ2n) is 7.64. The standard InChI is InChI=1S/C23H29ClN2O2S/c1-4-5-11-26(14-16(3)27)12-10-25-19-9-6-15(2)23-21(19)22(28)18-8-7-17(24)13-20(18)29-23/h6-9,13,16,25,27H,4-5,10-12,14H2,1-3H3/t16-/m1/s1. The van der Waals surface area contributed by atoms with Crippen LogP contribution >= 0.6 is 22.9 Å². The lowest BCUT2D eigenvalue weighted by atomic mass is 10.1. The number of hydrogen-bond donors (Lipinski definition) is 2. The highest BCUT2D eigenvalue weighted by molar-refractivity contribution is 7.24. The minimum atomic E-state index is -0.347. The molecule has 3 rings (SSSR count). The zero-order valence-corrected chi connectivity index (χ0v) is 18.9. The van der Waals surface area contributed by atoms with Gasteiger partial charge in [0.25, 0.3) is 0 Å². The number of benzene rings is 2. The van der Waals surface area contributed by atoms with Gasteiger partial charge in [0.2, 0.25) is 0 Å². The molecule has 1 atom stereocenters. The van der Waals surface area contributed by atoms with Crippen LogP contribution in [0.3, 0.4) is 0 Å². The lowest BCUT2D eigenvalue weighted by molar-refractivity contribution is 0.128. The summed E-state index contributed by atoms with van der Waals surface area (Å²) in [5.41, 5.74) is 2.01. The van der Waals surface area contributed by atoms with Gasteiger partial charge in [-0.25, -0.2) is 0 Å². The van der Waals surface area contributed by atoms with Crippen molar-refractivity contribution in [2.24, 2.45) is 0 Å². The molecule has 1 aromatic heterocycles. The summed E-state index contributed by atoms with van der Waals surface area (Å²) < 4.78 is 1.92. The summed E-state index contributed by atoms with van der Waals surface area (Å²) in [4.78, 5) is 15.5. The van der Waals surface area contributed by atoms with E-state index in [4.69, 9.17) is 11.6 Å². The molecule has 156 valence electrons. The first-order valence-corrected chi connectivity index (χ1v) is 11.4. The summed E-state index contributed by atoms with van der Waals surface area (Å²) in [6.45, 7) is 9.20. The minimum absolute atomic E-state index is 0.0448. The maximum absolute atomic E-state index is 13.2. The van der Waals surface area contributed by atoms with Crippen molar-refractivity contribution < 1.29 is 5.11 Å². The quantitative estimate of drug-likeness (QED) is 0.452. The molecule has 1 heterocycles. The molecule has 0 saturated heterocycles. The van der Waals surface area contributed by atoms with E-state index in [1.807, 2.05) is 32.0 Å². The van der Waals surface area contributed by atoms with Crippen molar-refractivity contribution in [1.82, 2.24) is 4.90 Å². The predicted octanol–water partition coefficient (Wildman–Crippen LogP) is 5.27. The van der Waals surface area contributed by atoms with Gasteiger partial charge in [-0.2, -0.15) is 0 Å². The molecule has 0 amide bonds. The first kappa shape index (κ1) is 22.0. The highest BCUT2D eigenvalue weighted by Gasteiger charge is 2.13. The van der Waals surface area contributed by atoms with Crippen molar-refractivity contribution >= 4 is 48.8 Å². The van der Waals surface area contributed by atoms with Crippen molar-refractivity contribution in [2.75, 3.05) is 31.5 Å². The number of aliphatic hydroxyl groups excluding tert-OH is 1. The van der Waals surface area contributed by atoms with Crippen LogP contribution in [0.5, 0.6) is 0 Å². The maximum Gasteiger partial charge on any atom is 0.197 e. The van der Waals surface area contributed by atoms with Gasteiger partial charge in [-0.05, 0) is 56.6 Å². The van der Waals surface area contributed by atoms with Gasteiger partial charge in [-0.3, -0.25) is 9.69 Å². The van der Waals surface area contributed by atoms with Crippen LogP contribution in [-0.2, 0) is 0 Å². The fourth-order valence-electron chi connectivity index (χ4n) is 3.60. The molecule has 0 fully saturated rings. The Bertz CT molecular complexity index is 1050. The van der Waals surface area contributed by atoms with Gasteiger partial charge >= 0.3 is 0 Å². The van der Waals surface area contributed by atoms with Crippen LogP contribution < -0.4 is 10.7 Å². The Morgan fingerprint density at radius 2 is 2.03 bits per heavy atom. The molecular weight excluding hydrogens is 404 g/mol. The van der Waals surface area contributed by atoms with E-state index in [2.05, 4.69) is 23.2 Å². The Balaban J connectivity index is 1.88. The van der Waals surface area contributed by atoms with Crippen molar-refractivity contribution in [3.8, 4) is 0 Å². The molecule has 0 aliphatic rings. The van der Waals surface area contributed by atoms with Crippen LogP contribution in [0, 0.1) is 6.92 Å². The van der Waals surface area contributed by atoms with Gasteiger partial charge in [-0.15, -0.1) is 11.3 Å². The van der Waals surface area contributed by atoms with E-state index in [1.54, 1.807) is 17.4 Å². The summed E-state index contributed by atoms with van der Waals surface area (Å²) >= 11 is 7.75. The third kappa shape index (κ3) is 5.28. The third-order valence-electron chi connectivity index (χ3n) is 5.08. The van der Waals surface area contributed by atoms with Crippen molar-refractivity contribution in [3.63, 3.8) is 0 Å². The van der Waals surface area contributed by atoms with E-state index in [0.29, 0.717) is 17.0 Å². The van der Waals surface area contributed by atoms with Crippen molar-refractivity contribution in [3.05, 3.63) is 51.1 Å². The number of rotatable bonds is 9. The summed E-state index contributed by atoms with van der Waals surface area (Å²) in [6, 6.07) is 9.51. The predicted molar refractivity (Wildman–Crippen MR) is 127 cm³/mol. The van der Waals surface area contributed by atoms with E-state index in [1.165, 1.54) is 0 Å². The number of aliphatic hydroxyl groups is 1. The molecule has 3 aromatic rings. The molecule has 0 saturated carbocycles. The zero-order valence-electron chi connectivity index (χ0n) is 17.3. The Labute approximate surface area is 181 Å². The van der Waals surface area contributed by atoms with Gasteiger partial charge < -0.3 is 10.4 Å². The first-order chi connectivity index (χ1) is 13.9. The number of unbranched alkanes of at least 4 members (excludes halogenated alkanes) is 1.